The van der Waals surface area contributed by atoms with Crippen molar-refractivity contribution in [2.75, 3.05) is 26.7 Å². The van der Waals surface area contributed by atoms with Crippen LogP contribution < -0.4 is 5.32 Å². The molecule has 0 aromatic carbocycles. The van der Waals surface area contributed by atoms with E-state index in [1.54, 1.807) is 0 Å². The Kier molecular flexibility index (Phi) is 4.78. The summed E-state index contributed by atoms with van der Waals surface area (Å²) in [6.45, 7) is 5.88. The van der Waals surface area contributed by atoms with Crippen LogP contribution in [-0.2, 0) is 13.5 Å². The predicted molar refractivity (Wildman–Crippen MR) is 74.6 cm³/mol. The molecule has 0 bridgehead atoms. The first-order valence-electron chi connectivity index (χ1n) is 7.05. The van der Waals surface area contributed by atoms with Crippen molar-refractivity contribution in [1.29, 1.82) is 0 Å². The van der Waals surface area contributed by atoms with Gasteiger partial charge in [0.25, 0.3) is 0 Å². The summed E-state index contributed by atoms with van der Waals surface area (Å²) < 4.78 is 1.96. The van der Waals surface area contributed by atoms with Crippen molar-refractivity contribution < 1.29 is 0 Å². The molecule has 1 unspecified atom stereocenters. The van der Waals surface area contributed by atoms with Crippen LogP contribution in [-0.4, -0.2) is 47.4 Å². The number of nitrogens with one attached hydrogen (secondary N) is 1. The molecule has 0 spiro atoms. The molecular weight excluding hydrogens is 224 g/mol. The summed E-state index contributed by atoms with van der Waals surface area (Å²) in [5.74, 6) is 0.840. The minimum atomic E-state index is 0.631. The van der Waals surface area contributed by atoms with Gasteiger partial charge >= 0.3 is 0 Å². The minimum Gasteiger partial charge on any atom is -0.314 e. The molecule has 4 nitrogen and oxygen atoms in total. The number of rotatable bonds is 5. The fourth-order valence-electron chi connectivity index (χ4n) is 2.77. The number of aryl methyl sites for hydroxylation is 1. The van der Waals surface area contributed by atoms with Gasteiger partial charge in [0, 0.05) is 37.9 Å². The van der Waals surface area contributed by atoms with Gasteiger partial charge in [0.05, 0.1) is 0 Å². The largest absolute Gasteiger partial charge is 0.314 e. The van der Waals surface area contributed by atoms with Crippen molar-refractivity contribution in [1.82, 2.24) is 20.0 Å². The molecule has 0 aliphatic carbocycles. The van der Waals surface area contributed by atoms with E-state index in [-0.39, 0.29) is 0 Å². The van der Waals surface area contributed by atoms with Crippen molar-refractivity contribution in [2.45, 2.75) is 32.2 Å². The first-order valence-corrected chi connectivity index (χ1v) is 7.05. The predicted octanol–water partition coefficient (Wildman–Crippen LogP) is 1.28. The summed E-state index contributed by atoms with van der Waals surface area (Å²) in [6, 6.07) is 2.73. The summed E-state index contributed by atoms with van der Waals surface area (Å²) in [7, 11) is 4.23. The van der Waals surface area contributed by atoms with Gasteiger partial charge in [0.2, 0.25) is 0 Å². The van der Waals surface area contributed by atoms with Gasteiger partial charge in [0.1, 0.15) is 0 Å². The first-order chi connectivity index (χ1) is 8.66. The Labute approximate surface area is 110 Å². The van der Waals surface area contributed by atoms with E-state index in [0.29, 0.717) is 6.04 Å². The smallest absolute Gasteiger partial charge is 0.0492 e. The van der Waals surface area contributed by atoms with E-state index in [4.69, 9.17) is 0 Å². The summed E-state index contributed by atoms with van der Waals surface area (Å²) in [6.07, 6.45) is 5.59. The summed E-state index contributed by atoms with van der Waals surface area (Å²) in [5.41, 5.74) is 1.30. The summed E-state index contributed by atoms with van der Waals surface area (Å²) in [5, 5.41) is 7.87. The molecule has 2 rings (SSSR count). The molecule has 18 heavy (non-hydrogen) atoms. The van der Waals surface area contributed by atoms with Crippen LogP contribution in [0.25, 0.3) is 0 Å². The number of hydrogen-bond acceptors (Lipinski definition) is 3. The SMILES string of the molecule is CC(NCCc1ccnn1C)C1CCN(C)CC1. The molecular formula is C14H26N4. The number of nitrogens with zero attached hydrogens (tertiary/aromatic N) is 3. The monoisotopic (exact) mass is 250 g/mol. The molecule has 0 amide bonds. The average molecular weight is 250 g/mol. The van der Waals surface area contributed by atoms with E-state index in [0.717, 1.165) is 18.9 Å². The lowest BCUT2D eigenvalue weighted by atomic mass is 9.90. The van der Waals surface area contributed by atoms with Crippen molar-refractivity contribution >= 4 is 0 Å². The maximum atomic E-state index is 4.20. The van der Waals surface area contributed by atoms with Gasteiger partial charge in [-0.05, 0) is 51.9 Å². The second-order valence-corrected chi connectivity index (χ2v) is 5.58. The van der Waals surface area contributed by atoms with Crippen LogP contribution in [0, 0.1) is 5.92 Å². The highest BCUT2D eigenvalue weighted by molar-refractivity contribution is 5.00. The number of hydrogen-bond donors (Lipinski definition) is 1. The lowest BCUT2D eigenvalue weighted by Crippen LogP contribution is -2.41. The highest BCUT2D eigenvalue weighted by atomic mass is 15.3. The molecule has 1 aliphatic heterocycles. The van der Waals surface area contributed by atoms with E-state index >= 15 is 0 Å². The van der Waals surface area contributed by atoms with E-state index < -0.39 is 0 Å². The van der Waals surface area contributed by atoms with Crippen molar-refractivity contribution in [3.8, 4) is 0 Å². The van der Waals surface area contributed by atoms with Gasteiger partial charge in [-0.15, -0.1) is 0 Å². The van der Waals surface area contributed by atoms with Gasteiger partial charge in [-0.3, -0.25) is 4.68 Å². The highest BCUT2D eigenvalue weighted by Crippen LogP contribution is 2.19. The zero-order valence-electron chi connectivity index (χ0n) is 11.9. The van der Waals surface area contributed by atoms with Crippen molar-refractivity contribution in [3.63, 3.8) is 0 Å². The number of likely N-dealkylation sites (tertiary alicyclic amines) is 1. The lowest BCUT2D eigenvalue weighted by Gasteiger charge is -2.33. The van der Waals surface area contributed by atoms with Gasteiger partial charge < -0.3 is 10.2 Å². The molecule has 1 saturated heterocycles. The Morgan fingerprint density at radius 1 is 1.39 bits per heavy atom. The Balaban J connectivity index is 1.68. The zero-order valence-corrected chi connectivity index (χ0v) is 11.9. The first kappa shape index (κ1) is 13.6. The molecule has 4 heteroatoms. The van der Waals surface area contributed by atoms with Gasteiger partial charge in [-0.1, -0.05) is 0 Å². The van der Waals surface area contributed by atoms with Gasteiger partial charge in [0.15, 0.2) is 0 Å². The van der Waals surface area contributed by atoms with Crippen LogP contribution in [0.1, 0.15) is 25.5 Å². The molecule has 1 atom stereocenters. The highest BCUT2D eigenvalue weighted by Gasteiger charge is 2.21. The van der Waals surface area contributed by atoms with E-state index in [9.17, 15) is 0 Å². The van der Waals surface area contributed by atoms with Crippen LogP contribution in [0.2, 0.25) is 0 Å². The fraction of sp³-hybridized carbons (Fsp3) is 0.786. The maximum absolute atomic E-state index is 4.20. The fourth-order valence-corrected chi connectivity index (χ4v) is 2.77. The summed E-state index contributed by atoms with van der Waals surface area (Å²) >= 11 is 0. The maximum Gasteiger partial charge on any atom is 0.0492 e. The third-order valence-electron chi connectivity index (χ3n) is 4.24. The normalized spacial score (nSPS) is 20.2. The second-order valence-electron chi connectivity index (χ2n) is 5.58. The lowest BCUT2D eigenvalue weighted by molar-refractivity contribution is 0.190. The Bertz CT molecular complexity index is 352. The quantitative estimate of drug-likeness (QED) is 0.854. The minimum absolute atomic E-state index is 0.631. The van der Waals surface area contributed by atoms with E-state index in [1.165, 1.54) is 31.6 Å². The Hall–Kier alpha value is -0.870. The summed E-state index contributed by atoms with van der Waals surface area (Å²) in [4.78, 5) is 2.43. The van der Waals surface area contributed by atoms with E-state index in [2.05, 4.69) is 35.4 Å². The molecule has 2 heterocycles. The standard InChI is InChI=1S/C14H26N4/c1-12(13-6-10-17(2)11-7-13)15-8-4-14-5-9-16-18(14)3/h5,9,12-13,15H,4,6-8,10-11H2,1-3H3. The molecule has 0 saturated carbocycles. The molecule has 1 aromatic rings. The molecule has 0 radical (unpaired) electrons. The van der Waals surface area contributed by atoms with Crippen LogP contribution >= 0.6 is 0 Å². The molecule has 1 fully saturated rings. The Morgan fingerprint density at radius 2 is 2.11 bits per heavy atom. The van der Waals surface area contributed by atoms with Gasteiger partial charge in [-0.25, -0.2) is 0 Å². The van der Waals surface area contributed by atoms with Crippen LogP contribution in [0.4, 0.5) is 0 Å². The van der Waals surface area contributed by atoms with Gasteiger partial charge in [-0.2, -0.15) is 5.10 Å². The van der Waals surface area contributed by atoms with Crippen molar-refractivity contribution in [2.24, 2.45) is 13.0 Å². The zero-order chi connectivity index (χ0) is 13.0. The van der Waals surface area contributed by atoms with E-state index in [1.807, 2.05) is 17.9 Å². The number of aromatic nitrogens is 2. The molecule has 102 valence electrons. The molecule has 1 aliphatic rings. The van der Waals surface area contributed by atoms with Crippen LogP contribution in [0.15, 0.2) is 12.3 Å². The third kappa shape index (κ3) is 3.56. The third-order valence-corrected chi connectivity index (χ3v) is 4.24. The molecule has 1 aromatic heterocycles. The average Bonchev–Trinajstić information content (AvgIpc) is 2.76. The van der Waals surface area contributed by atoms with Crippen LogP contribution in [0.5, 0.6) is 0 Å². The topological polar surface area (TPSA) is 33.1 Å². The second kappa shape index (κ2) is 6.34. The number of piperidine rings is 1. The van der Waals surface area contributed by atoms with Crippen LogP contribution in [0.3, 0.4) is 0 Å². The Morgan fingerprint density at radius 3 is 2.72 bits per heavy atom. The van der Waals surface area contributed by atoms with Crippen molar-refractivity contribution in [3.05, 3.63) is 18.0 Å². The molecule has 1 N–H and O–H groups in total.